The lowest BCUT2D eigenvalue weighted by molar-refractivity contribution is 0.0720. The van der Waals surface area contributed by atoms with Crippen molar-refractivity contribution in [1.82, 2.24) is 14.7 Å². The van der Waals surface area contributed by atoms with Crippen LogP contribution in [0.5, 0.6) is 0 Å². The number of rotatable bonds is 4. The highest BCUT2D eigenvalue weighted by Gasteiger charge is 2.31. The van der Waals surface area contributed by atoms with Crippen LogP contribution in [0.3, 0.4) is 0 Å². The molecule has 106 valence electrons. The third-order valence-corrected chi connectivity index (χ3v) is 4.12. The van der Waals surface area contributed by atoms with Crippen LogP contribution in [0.15, 0.2) is 6.07 Å². The van der Waals surface area contributed by atoms with Crippen LogP contribution in [0.4, 0.5) is 0 Å². The first-order chi connectivity index (χ1) is 9.02. The van der Waals surface area contributed by atoms with E-state index in [1.807, 2.05) is 18.0 Å². The van der Waals surface area contributed by atoms with E-state index in [0.29, 0.717) is 16.6 Å². The van der Waals surface area contributed by atoms with Gasteiger partial charge in [-0.3, -0.25) is 9.48 Å². The first-order valence-electron chi connectivity index (χ1n) is 7.00. The molecule has 1 aromatic rings. The molecule has 4 nitrogen and oxygen atoms in total. The summed E-state index contributed by atoms with van der Waals surface area (Å²) < 4.78 is 1.72. The number of aromatic nitrogens is 2. The Morgan fingerprint density at radius 3 is 2.95 bits per heavy atom. The summed E-state index contributed by atoms with van der Waals surface area (Å²) in [6.45, 7) is 5.07. The smallest absolute Gasteiger partial charge is 0.272 e. The van der Waals surface area contributed by atoms with Crippen molar-refractivity contribution >= 4 is 21.8 Å². The van der Waals surface area contributed by atoms with E-state index >= 15 is 0 Å². The van der Waals surface area contributed by atoms with Gasteiger partial charge in [0.1, 0.15) is 5.69 Å². The third-order valence-electron chi connectivity index (χ3n) is 3.75. The van der Waals surface area contributed by atoms with Gasteiger partial charge in [0.15, 0.2) is 0 Å². The van der Waals surface area contributed by atoms with Crippen LogP contribution in [0.25, 0.3) is 0 Å². The van der Waals surface area contributed by atoms with Crippen LogP contribution in [0.1, 0.15) is 49.3 Å². The number of amides is 1. The fourth-order valence-electron chi connectivity index (χ4n) is 2.77. The summed E-state index contributed by atoms with van der Waals surface area (Å²) in [6.07, 6.45) is 4.10. The van der Waals surface area contributed by atoms with Crippen molar-refractivity contribution < 1.29 is 4.79 Å². The Bertz CT molecular complexity index is 456. The molecule has 2 atom stereocenters. The van der Waals surface area contributed by atoms with Gasteiger partial charge in [-0.25, -0.2) is 0 Å². The topological polar surface area (TPSA) is 38.1 Å². The minimum absolute atomic E-state index is 0.130. The SMILES string of the molecule is CCc1cc(C(=O)N2CCCC2CC(C)Br)n(C)n1. The first-order valence-corrected chi connectivity index (χ1v) is 7.92. The van der Waals surface area contributed by atoms with E-state index in [1.54, 1.807) is 4.68 Å². The summed E-state index contributed by atoms with van der Waals surface area (Å²) in [6, 6.07) is 2.29. The fourth-order valence-corrected chi connectivity index (χ4v) is 3.20. The van der Waals surface area contributed by atoms with E-state index in [-0.39, 0.29) is 5.91 Å². The monoisotopic (exact) mass is 327 g/mol. The molecular formula is C14H22BrN3O. The van der Waals surface area contributed by atoms with Crippen molar-refractivity contribution in [3.05, 3.63) is 17.5 Å². The van der Waals surface area contributed by atoms with E-state index in [2.05, 4.69) is 34.9 Å². The molecule has 0 aliphatic carbocycles. The van der Waals surface area contributed by atoms with Gasteiger partial charge in [0.05, 0.1) is 5.69 Å². The zero-order valence-corrected chi connectivity index (χ0v) is 13.5. The molecule has 2 unspecified atom stereocenters. The van der Waals surface area contributed by atoms with Gasteiger partial charge < -0.3 is 4.90 Å². The molecule has 2 heterocycles. The van der Waals surface area contributed by atoms with Crippen molar-refractivity contribution in [2.75, 3.05) is 6.54 Å². The molecule has 0 N–H and O–H groups in total. The molecule has 1 aromatic heterocycles. The number of likely N-dealkylation sites (tertiary alicyclic amines) is 1. The minimum atomic E-state index is 0.130. The lowest BCUT2D eigenvalue weighted by Gasteiger charge is -2.25. The molecule has 1 aliphatic rings. The van der Waals surface area contributed by atoms with E-state index in [0.717, 1.165) is 37.9 Å². The van der Waals surface area contributed by atoms with E-state index in [4.69, 9.17) is 0 Å². The maximum Gasteiger partial charge on any atom is 0.272 e. The number of alkyl halides is 1. The van der Waals surface area contributed by atoms with Crippen LogP contribution in [-0.2, 0) is 13.5 Å². The summed E-state index contributed by atoms with van der Waals surface area (Å²) in [4.78, 5) is 15.1. The maximum absolute atomic E-state index is 12.6. The van der Waals surface area contributed by atoms with Crippen LogP contribution >= 0.6 is 15.9 Å². The molecule has 19 heavy (non-hydrogen) atoms. The van der Waals surface area contributed by atoms with Crippen molar-refractivity contribution in [3.63, 3.8) is 0 Å². The highest BCUT2D eigenvalue weighted by atomic mass is 79.9. The first kappa shape index (κ1) is 14.6. The summed E-state index contributed by atoms with van der Waals surface area (Å²) in [5, 5.41) is 4.37. The predicted molar refractivity (Wildman–Crippen MR) is 79.7 cm³/mol. The Morgan fingerprint density at radius 2 is 2.37 bits per heavy atom. The molecule has 0 saturated carbocycles. The van der Waals surface area contributed by atoms with Gasteiger partial charge in [-0.2, -0.15) is 5.10 Å². The van der Waals surface area contributed by atoms with Gasteiger partial charge in [-0.1, -0.05) is 29.8 Å². The van der Waals surface area contributed by atoms with Crippen molar-refractivity contribution in [2.45, 2.75) is 50.4 Å². The average molecular weight is 328 g/mol. The number of halogens is 1. The minimum Gasteiger partial charge on any atom is -0.334 e. The Kier molecular flexibility index (Phi) is 4.66. The van der Waals surface area contributed by atoms with Crippen LogP contribution < -0.4 is 0 Å². The quantitative estimate of drug-likeness (QED) is 0.797. The highest BCUT2D eigenvalue weighted by molar-refractivity contribution is 9.09. The molecule has 2 rings (SSSR count). The van der Waals surface area contributed by atoms with E-state index in [1.165, 1.54) is 0 Å². The second-order valence-corrected chi connectivity index (χ2v) is 6.87. The Labute approximate surface area is 123 Å². The number of hydrogen-bond donors (Lipinski definition) is 0. The van der Waals surface area contributed by atoms with Gasteiger partial charge >= 0.3 is 0 Å². The average Bonchev–Trinajstić information content (AvgIpc) is 2.94. The van der Waals surface area contributed by atoms with Gasteiger partial charge in [0.25, 0.3) is 5.91 Å². The normalized spacial score (nSPS) is 20.8. The largest absolute Gasteiger partial charge is 0.334 e. The van der Waals surface area contributed by atoms with Gasteiger partial charge in [0.2, 0.25) is 0 Å². The summed E-state index contributed by atoms with van der Waals surface area (Å²) in [5.74, 6) is 0.130. The molecule has 1 fully saturated rings. The third kappa shape index (κ3) is 3.19. The van der Waals surface area contributed by atoms with Crippen LogP contribution in [0, 0.1) is 0 Å². The lowest BCUT2D eigenvalue weighted by Crippen LogP contribution is -2.37. The fraction of sp³-hybridized carbons (Fsp3) is 0.714. The van der Waals surface area contributed by atoms with Crippen LogP contribution in [0.2, 0.25) is 0 Å². The zero-order chi connectivity index (χ0) is 14.0. The molecule has 0 spiro atoms. The summed E-state index contributed by atoms with van der Waals surface area (Å²) in [5.41, 5.74) is 1.70. The van der Waals surface area contributed by atoms with Gasteiger partial charge in [0, 0.05) is 24.5 Å². The Balaban J connectivity index is 2.15. The molecule has 1 aliphatic heterocycles. The second-order valence-electron chi connectivity index (χ2n) is 5.31. The molecule has 0 radical (unpaired) electrons. The second kappa shape index (κ2) is 6.07. The molecule has 1 saturated heterocycles. The Hall–Kier alpha value is -0.840. The lowest BCUT2D eigenvalue weighted by atomic mass is 10.1. The standard InChI is InChI=1S/C14H22BrN3O/c1-4-11-9-13(17(3)16-11)14(19)18-7-5-6-12(18)8-10(2)15/h9-10,12H,4-8H2,1-3H3. The highest BCUT2D eigenvalue weighted by Crippen LogP contribution is 2.25. The van der Waals surface area contributed by atoms with E-state index < -0.39 is 0 Å². The van der Waals surface area contributed by atoms with Gasteiger partial charge in [-0.05, 0) is 31.7 Å². The van der Waals surface area contributed by atoms with Gasteiger partial charge in [-0.15, -0.1) is 0 Å². The molecular weight excluding hydrogens is 306 g/mol. The van der Waals surface area contributed by atoms with Crippen molar-refractivity contribution in [1.29, 1.82) is 0 Å². The number of hydrogen-bond acceptors (Lipinski definition) is 2. The summed E-state index contributed by atoms with van der Waals surface area (Å²) >= 11 is 3.59. The molecule has 0 bridgehead atoms. The van der Waals surface area contributed by atoms with Crippen LogP contribution in [-0.4, -0.2) is 38.0 Å². The van der Waals surface area contributed by atoms with E-state index in [9.17, 15) is 4.79 Å². The zero-order valence-electron chi connectivity index (χ0n) is 11.9. The molecule has 5 heteroatoms. The Morgan fingerprint density at radius 1 is 1.63 bits per heavy atom. The molecule has 1 amide bonds. The van der Waals surface area contributed by atoms with Crippen molar-refractivity contribution in [3.8, 4) is 0 Å². The number of nitrogens with zero attached hydrogens (tertiary/aromatic N) is 3. The number of aryl methyl sites for hydroxylation is 2. The number of carbonyl (C=O) groups excluding carboxylic acids is 1. The predicted octanol–water partition coefficient (Wildman–Crippen LogP) is 2.76. The summed E-state index contributed by atoms with van der Waals surface area (Å²) in [7, 11) is 1.85. The van der Waals surface area contributed by atoms with Crippen molar-refractivity contribution in [2.24, 2.45) is 7.05 Å². The number of carbonyl (C=O) groups is 1. The molecule has 0 aromatic carbocycles. The maximum atomic E-state index is 12.6.